The Morgan fingerprint density at radius 2 is 1.16 bits per heavy atom. The molecule has 2 N–H and O–H groups in total. The standard InChI is InChI=1S/C67H48F2N10O5S2/c1-37-12-8-15-47(68)58(37)74-64(80)54-33-40-24-27-76(51-18-6-4-13-44(51)61(40)85-54)66(82)49-16-9-21-56(72-49)78-29-23-39-31-43(84-3)35-46(60(39)78)42-30-38(2)59(48(69)32-42)75-65(81)55-34-41-25-28-77(52-19-7-5-14-45(52)62(41)86-55)67(83)50-17-10-22-57(73-50)79-36-71-63-53(79)20-11-26-70-63/h4-23,26,29-36H,24-25,27-28H2,1-3H3,(H,74,80)(H,75,81). The fraction of sp³-hybridized carbons (Fsp3) is 0.104. The van der Waals surface area contributed by atoms with Gasteiger partial charge in [-0.1, -0.05) is 60.7 Å². The first-order valence-corrected chi connectivity index (χ1v) is 29.2. The monoisotopic (exact) mass is 1170 g/mol. The van der Waals surface area contributed by atoms with E-state index in [1.54, 1.807) is 90.3 Å². The van der Waals surface area contributed by atoms with E-state index in [0.717, 1.165) is 42.9 Å². The van der Waals surface area contributed by atoms with Gasteiger partial charge in [0.25, 0.3) is 23.6 Å². The van der Waals surface area contributed by atoms with E-state index in [2.05, 4.69) is 20.6 Å². The zero-order chi connectivity index (χ0) is 58.9. The number of hydrogen-bond donors (Lipinski definition) is 2. The van der Waals surface area contributed by atoms with Crippen LogP contribution in [0, 0.1) is 25.5 Å². The first kappa shape index (κ1) is 53.5. The van der Waals surface area contributed by atoms with Crippen LogP contribution in [0.25, 0.3) is 65.7 Å². The van der Waals surface area contributed by atoms with Crippen molar-refractivity contribution in [2.75, 3.05) is 40.6 Å². The number of carbonyl (C=O) groups excluding carboxylic acids is 4. The molecule has 0 fully saturated rings. The van der Waals surface area contributed by atoms with Gasteiger partial charge in [-0.3, -0.25) is 23.7 Å². The number of imidazole rings is 1. The fourth-order valence-corrected chi connectivity index (χ4v) is 13.8. The summed E-state index contributed by atoms with van der Waals surface area (Å²) in [7, 11) is 1.56. The Morgan fingerprint density at radius 3 is 1.77 bits per heavy atom. The molecule has 0 unspecified atom stereocenters. The van der Waals surface area contributed by atoms with Crippen LogP contribution in [-0.2, 0) is 12.8 Å². The van der Waals surface area contributed by atoms with Gasteiger partial charge in [0.1, 0.15) is 46.7 Å². The molecule has 4 amide bonds. The molecule has 2 aliphatic rings. The number of benzene rings is 5. The van der Waals surface area contributed by atoms with Gasteiger partial charge < -0.3 is 29.7 Å². The second-order valence-electron chi connectivity index (χ2n) is 20.9. The number of rotatable bonds is 10. The van der Waals surface area contributed by atoms with E-state index in [1.165, 1.54) is 34.8 Å². The van der Waals surface area contributed by atoms with Crippen molar-refractivity contribution in [2.45, 2.75) is 26.7 Å². The number of anilines is 4. The molecular weight excluding hydrogens is 1130 g/mol. The van der Waals surface area contributed by atoms with Crippen molar-refractivity contribution in [1.29, 1.82) is 0 Å². The number of carbonyl (C=O) groups is 4. The average molecular weight is 1180 g/mol. The first-order chi connectivity index (χ1) is 41.9. The molecule has 14 rings (SSSR count). The number of ether oxygens (including phenoxy) is 1. The van der Waals surface area contributed by atoms with Crippen molar-refractivity contribution >= 4 is 91.1 Å². The number of para-hydroxylation sites is 3. The predicted octanol–water partition coefficient (Wildman–Crippen LogP) is 14.1. The van der Waals surface area contributed by atoms with Gasteiger partial charge in [-0.25, -0.2) is 28.7 Å². The van der Waals surface area contributed by atoms with E-state index in [4.69, 9.17) is 14.7 Å². The van der Waals surface area contributed by atoms with Crippen molar-refractivity contribution in [2.24, 2.45) is 0 Å². The maximum absolute atomic E-state index is 16.8. The zero-order valence-electron chi connectivity index (χ0n) is 46.3. The summed E-state index contributed by atoms with van der Waals surface area (Å²) in [6.45, 7) is 4.09. The summed E-state index contributed by atoms with van der Waals surface area (Å²) in [4.78, 5) is 81.3. The highest BCUT2D eigenvalue weighted by Gasteiger charge is 2.31. The Labute approximate surface area is 498 Å². The van der Waals surface area contributed by atoms with Crippen molar-refractivity contribution in [3.05, 3.63) is 231 Å². The van der Waals surface area contributed by atoms with E-state index in [0.29, 0.717) is 97.9 Å². The average Bonchev–Trinajstić information content (AvgIpc) is 2.28. The molecule has 422 valence electrons. The molecule has 12 aromatic rings. The van der Waals surface area contributed by atoms with Crippen molar-refractivity contribution in [3.8, 4) is 49.4 Å². The first-order valence-electron chi connectivity index (χ1n) is 27.6. The van der Waals surface area contributed by atoms with Gasteiger partial charge >= 0.3 is 0 Å². The van der Waals surface area contributed by atoms with E-state index in [-0.39, 0.29) is 34.6 Å². The minimum atomic E-state index is -0.648. The van der Waals surface area contributed by atoms with Crippen LogP contribution in [-0.4, -0.2) is 72.9 Å². The topological polar surface area (TPSA) is 169 Å². The minimum Gasteiger partial charge on any atom is -0.497 e. The minimum absolute atomic E-state index is 0.0301. The van der Waals surface area contributed by atoms with Gasteiger partial charge in [0.05, 0.1) is 50.6 Å². The molecule has 9 heterocycles. The van der Waals surface area contributed by atoms with Gasteiger partial charge in [0.2, 0.25) is 0 Å². The van der Waals surface area contributed by atoms with Crippen LogP contribution in [0.4, 0.5) is 31.5 Å². The number of nitrogens with zero attached hydrogens (tertiary/aromatic N) is 8. The van der Waals surface area contributed by atoms with Gasteiger partial charge in [-0.05, 0) is 152 Å². The van der Waals surface area contributed by atoms with Gasteiger partial charge in [0, 0.05) is 57.3 Å². The summed E-state index contributed by atoms with van der Waals surface area (Å²) < 4.78 is 40.9. The smallest absolute Gasteiger partial charge is 0.276 e. The molecule has 0 spiro atoms. The van der Waals surface area contributed by atoms with Crippen LogP contribution in [0.5, 0.6) is 5.75 Å². The van der Waals surface area contributed by atoms with Gasteiger partial charge in [-0.2, -0.15) is 0 Å². The lowest BCUT2D eigenvalue weighted by Crippen LogP contribution is -2.33. The van der Waals surface area contributed by atoms with Gasteiger partial charge in [0.15, 0.2) is 5.65 Å². The highest BCUT2D eigenvalue weighted by atomic mass is 32.1. The van der Waals surface area contributed by atoms with Gasteiger partial charge in [-0.15, -0.1) is 22.7 Å². The summed E-state index contributed by atoms with van der Waals surface area (Å²) in [5.74, 6) is -1.15. The molecule has 0 bridgehead atoms. The molecule has 7 aromatic heterocycles. The number of pyridine rings is 3. The van der Waals surface area contributed by atoms with Crippen molar-refractivity contribution < 1.29 is 32.7 Å². The molecule has 2 aliphatic heterocycles. The lowest BCUT2D eigenvalue weighted by atomic mass is 9.99. The maximum atomic E-state index is 16.8. The number of aromatic nitrogens is 6. The predicted molar refractivity (Wildman–Crippen MR) is 332 cm³/mol. The van der Waals surface area contributed by atoms with Crippen molar-refractivity contribution in [3.63, 3.8) is 0 Å². The quantitative estimate of drug-likeness (QED) is 0.135. The molecule has 86 heavy (non-hydrogen) atoms. The Balaban J connectivity index is 0.717. The van der Waals surface area contributed by atoms with Crippen LogP contribution >= 0.6 is 22.7 Å². The number of fused-ring (bicyclic) bond motifs is 8. The molecule has 5 aromatic carbocycles. The number of methoxy groups -OCH3 is 1. The largest absolute Gasteiger partial charge is 0.497 e. The fourth-order valence-electron chi connectivity index (χ4n) is 11.5. The number of nitrogens with one attached hydrogen (secondary N) is 2. The third kappa shape index (κ3) is 9.42. The molecule has 0 aliphatic carbocycles. The third-order valence-corrected chi connectivity index (χ3v) is 18.1. The van der Waals surface area contributed by atoms with Crippen LogP contribution < -0.4 is 25.2 Å². The molecule has 0 saturated heterocycles. The highest BCUT2D eigenvalue weighted by Crippen LogP contribution is 2.45. The van der Waals surface area contributed by atoms with Crippen LogP contribution in [0.15, 0.2) is 176 Å². The van der Waals surface area contributed by atoms with E-state index in [9.17, 15) is 23.6 Å². The number of hydrogen-bond acceptors (Lipinski definition) is 11. The number of aryl methyl sites for hydroxylation is 2. The van der Waals surface area contributed by atoms with Crippen molar-refractivity contribution in [1.82, 2.24) is 29.1 Å². The van der Waals surface area contributed by atoms with E-state index < -0.39 is 23.4 Å². The van der Waals surface area contributed by atoms with Crippen LogP contribution in [0.3, 0.4) is 0 Å². The summed E-state index contributed by atoms with van der Waals surface area (Å²) >= 11 is 2.58. The zero-order valence-corrected chi connectivity index (χ0v) is 47.9. The molecule has 0 saturated carbocycles. The molecule has 19 heteroatoms. The molecular formula is C67H48F2N10O5S2. The summed E-state index contributed by atoms with van der Waals surface area (Å²) in [6, 6.07) is 46.5. The molecule has 0 atom stereocenters. The van der Waals surface area contributed by atoms with E-state index >= 15 is 4.39 Å². The Morgan fingerprint density at radius 1 is 0.570 bits per heavy atom. The highest BCUT2D eigenvalue weighted by molar-refractivity contribution is 7.18. The Bertz CT molecular complexity index is 4750. The lowest BCUT2D eigenvalue weighted by Gasteiger charge is -2.23. The number of thiophene rings is 2. The van der Waals surface area contributed by atoms with Crippen LogP contribution in [0.1, 0.15) is 62.6 Å². The summed E-state index contributed by atoms with van der Waals surface area (Å²) in [5.41, 5.74) is 9.53. The number of halogens is 2. The third-order valence-electron chi connectivity index (χ3n) is 15.7. The Kier molecular flexibility index (Phi) is 13.4. The SMILES string of the molecule is COc1cc(-c2cc(C)c(NC(=O)c3cc4c(s3)-c3ccccc3N(C(=O)c3cccc(-n5cnc6ncccc65)n3)CC4)c(F)c2)c2c(ccn2-c2cccc(C(=O)N3CCc4cc(C(=O)Nc5c(C)cccc5F)sc4-c4ccccc43)n2)c1. The molecule has 15 nitrogen and oxygen atoms in total. The second-order valence-corrected chi connectivity index (χ2v) is 23.0. The maximum Gasteiger partial charge on any atom is 0.276 e. The van der Waals surface area contributed by atoms with Crippen LogP contribution in [0.2, 0.25) is 0 Å². The lowest BCUT2D eigenvalue weighted by molar-refractivity contribution is 0.0975. The number of amides is 4. The summed E-state index contributed by atoms with van der Waals surface area (Å²) in [6.07, 6.45) is 6.04. The Hall–Kier alpha value is -10.5. The molecule has 0 radical (unpaired) electrons. The normalized spacial score (nSPS) is 12.7. The summed E-state index contributed by atoms with van der Waals surface area (Å²) in [5, 5.41) is 6.40. The second kappa shape index (κ2) is 21.6. The van der Waals surface area contributed by atoms with E-state index in [1.807, 2.05) is 114 Å².